The average Bonchev–Trinajstić information content (AvgIpc) is 3.07. The van der Waals surface area contributed by atoms with Crippen molar-refractivity contribution in [1.29, 1.82) is 0 Å². The van der Waals surface area contributed by atoms with Crippen LogP contribution in [0.5, 0.6) is 0 Å². The highest BCUT2D eigenvalue weighted by molar-refractivity contribution is 6.42. The largest absolute Gasteiger partial charge is 0.480 e. The second-order valence-corrected chi connectivity index (χ2v) is 7.21. The van der Waals surface area contributed by atoms with E-state index in [0.29, 0.717) is 24.9 Å². The minimum atomic E-state index is -4.57. The lowest BCUT2D eigenvalue weighted by Crippen LogP contribution is -2.39. The standard InChI is InChI=1S/C19H16Cl2F3NO2/c20-14-8-7-11(10-15(14)21)17(25-9-3-6-16(25)18(26)27)12-4-1-2-5-13(12)19(22,23)24/h1-2,4-5,7-8,10,16-17H,3,6,9H2,(H,26,27). The first kappa shape index (κ1) is 20.0. The van der Waals surface area contributed by atoms with Gasteiger partial charge in [0.1, 0.15) is 6.04 Å². The van der Waals surface area contributed by atoms with Crippen molar-refractivity contribution in [3.8, 4) is 0 Å². The summed E-state index contributed by atoms with van der Waals surface area (Å²) in [4.78, 5) is 13.3. The molecule has 0 aromatic heterocycles. The van der Waals surface area contributed by atoms with Gasteiger partial charge in [0, 0.05) is 6.54 Å². The number of carbonyl (C=O) groups is 1. The minimum absolute atomic E-state index is 0.00320. The molecule has 2 unspecified atom stereocenters. The summed E-state index contributed by atoms with van der Waals surface area (Å²) in [7, 11) is 0. The number of carboxylic acid groups (broad SMARTS) is 1. The lowest BCUT2D eigenvalue weighted by Gasteiger charge is -2.33. The van der Waals surface area contributed by atoms with Crippen molar-refractivity contribution in [1.82, 2.24) is 4.90 Å². The second kappa shape index (κ2) is 7.70. The summed E-state index contributed by atoms with van der Waals surface area (Å²) in [5.41, 5.74) is -0.331. The maximum atomic E-state index is 13.6. The lowest BCUT2D eigenvalue weighted by molar-refractivity contribution is -0.143. The van der Waals surface area contributed by atoms with Gasteiger partial charge in [-0.15, -0.1) is 0 Å². The Bertz CT molecular complexity index is 857. The minimum Gasteiger partial charge on any atom is -0.480 e. The molecule has 3 nitrogen and oxygen atoms in total. The van der Waals surface area contributed by atoms with E-state index in [1.54, 1.807) is 11.0 Å². The maximum Gasteiger partial charge on any atom is 0.416 e. The monoisotopic (exact) mass is 417 g/mol. The highest BCUT2D eigenvalue weighted by Gasteiger charge is 2.41. The predicted molar refractivity (Wildman–Crippen MR) is 97.1 cm³/mol. The van der Waals surface area contributed by atoms with Crippen LogP contribution in [0.2, 0.25) is 10.0 Å². The van der Waals surface area contributed by atoms with Crippen LogP contribution in [0.25, 0.3) is 0 Å². The third kappa shape index (κ3) is 4.08. The van der Waals surface area contributed by atoms with Crippen molar-refractivity contribution in [2.24, 2.45) is 0 Å². The Morgan fingerprint density at radius 3 is 2.48 bits per heavy atom. The average molecular weight is 418 g/mol. The Balaban J connectivity index is 2.20. The molecule has 0 saturated carbocycles. The van der Waals surface area contributed by atoms with Gasteiger partial charge < -0.3 is 5.11 Å². The molecule has 2 aromatic carbocycles. The van der Waals surface area contributed by atoms with Gasteiger partial charge in [-0.2, -0.15) is 13.2 Å². The van der Waals surface area contributed by atoms with Gasteiger partial charge >= 0.3 is 12.1 Å². The molecule has 1 aliphatic heterocycles. The Labute approximate surface area is 164 Å². The van der Waals surface area contributed by atoms with Gasteiger partial charge in [-0.3, -0.25) is 9.69 Å². The zero-order valence-electron chi connectivity index (χ0n) is 14.0. The van der Waals surface area contributed by atoms with E-state index in [-0.39, 0.29) is 15.6 Å². The molecule has 1 aliphatic rings. The zero-order valence-corrected chi connectivity index (χ0v) is 15.5. The van der Waals surface area contributed by atoms with Crippen LogP contribution < -0.4 is 0 Å². The van der Waals surface area contributed by atoms with E-state index in [9.17, 15) is 23.1 Å². The van der Waals surface area contributed by atoms with Gasteiger partial charge in [0.05, 0.1) is 21.7 Å². The van der Waals surface area contributed by atoms with E-state index in [0.717, 1.165) is 6.07 Å². The lowest BCUT2D eigenvalue weighted by atomic mass is 9.92. The maximum absolute atomic E-state index is 13.6. The van der Waals surface area contributed by atoms with Crippen LogP contribution in [0.1, 0.15) is 35.6 Å². The van der Waals surface area contributed by atoms with Gasteiger partial charge in [-0.05, 0) is 42.2 Å². The highest BCUT2D eigenvalue weighted by atomic mass is 35.5. The predicted octanol–water partition coefficient (Wildman–Crippen LogP) is 5.65. The van der Waals surface area contributed by atoms with Gasteiger partial charge in [-0.1, -0.05) is 47.5 Å². The molecule has 2 aromatic rings. The summed E-state index contributed by atoms with van der Waals surface area (Å²) < 4.78 is 40.9. The molecule has 144 valence electrons. The van der Waals surface area contributed by atoms with Crippen molar-refractivity contribution >= 4 is 29.2 Å². The third-order valence-corrected chi connectivity index (χ3v) is 5.47. The van der Waals surface area contributed by atoms with Crippen LogP contribution >= 0.6 is 23.2 Å². The first-order chi connectivity index (χ1) is 12.7. The van der Waals surface area contributed by atoms with E-state index in [2.05, 4.69) is 0 Å². The van der Waals surface area contributed by atoms with E-state index in [4.69, 9.17) is 23.2 Å². The number of carboxylic acids is 1. The number of halogens is 5. The normalized spacial score (nSPS) is 19.2. The summed E-state index contributed by atoms with van der Waals surface area (Å²) in [6.45, 7) is 0.369. The fourth-order valence-electron chi connectivity index (χ4n) is 3.59. The molecule has 27 heavy (non-hydrogen) atoms. The van der Waals surface area contributed by atoms with Crippen molar-refractivity contribution in [3.63, 3.8) is 0 Å². The van der Waals surface area contributed by atoms with E-state index < -0.39 is 29.8 Å². The van der Waals surface area contributed by atoms with Crippen molar-refractivity contribution in [3.05, 3.63) is 69.2 Å². The number of likely N-dealkylation sites (tertiary alicyclic amines) is 1. The quantitative estimate of drug-likeness (QED) is 0.698. The van der Waals surface area contributed by atoms with Crippen LogP contribution in [0.3, 0.4) is 0 Å². The molecule has 3 rings (SSSR count). The number of rotatable bonds is 4. The van der Waals surface area contributed by atoms with E-state index in [1.165, 1.54) is 30.3 Å². The highest BCUT2D eigenvalue weighted by Crippen LogP contribution is 2.42. The summed E-state index contributed by atoms with van der Waals surface area (Å²) in [5.74, 6) is -1.05. The van der Waals surface area contributed by atoms with Crippen LogP contribution in [0.4, 0.5) is 13.2 Å². The number of benzene rings is 2. The molecule has 1 N–H and O–H groups in total. The first-order valence-corrected chi connectivity index (χ1v) is 9.05. The molecular weight excluding hydrogens is 402 g/mol. The Hall–Kier alpha value is -1.76. The zero-order chi connectivity index (χ0) is 19.8. The number of hydrogen-bond acceptors (Lipinski definition) is 2. The topological polar surface area (TPSA) is 40.5 Å². The van der Waals surface area contributed by atoms with Crippen LogP contribution in [-0.2, 0) is 11.0 Å². The van der Waals surface area contributed by atoms with Gasteiger partial charge in [0.15, 0.2) is 0 Å². The molecule has 0 spiro atoms. The molecule has 0 amide bonds. The third-order valence-electron chi connectivity index (χ3n) is 4.73. The molecule has 1 saturated heterocycles. The van der Waals surface area contributed by atoms with Gasteiger partial charge in [0.2, 0.25) is 0 Å². The summed E-state index contributed by atoms with van der Waals surface area (Å²) in [6, 6.07) is 8.04. The molecule has 0 aliphatic carbocycles. The second-order valence-electron chi connectivity index (χ2n) is 6.40. The Kier molecular flexibility index (Phi) is 5.70. The van der Waals surface area contributed by atoms with Crippen LogP contribution in [0, 0.1) is 0 Å². The molecule has 8 heteroatoms. The Morgan fingerprint density at radius 2 is 1.85 bits per heavy atom. The van der Waals surface area contributed by atoms with Crippen molar-refractivity contribution in [2.75, 3.05) is 6.54 Å². The summed E-state index contributed by atoms with van der Waals surface area (Å²) in [6.07, 6.45) is -3.60. The van der Waals surface area contributed by atoms with E-state index in [1.807, 2.05) is 0 Å². The first-order valence-electron chi connectivity index (χ1n) is 8.29. The molecule has 0 bridgehead atoms. The van der Waals surface area contributed by atoms with Gasteiger partial charge in [0.25, 0.3) is 0 Å². The Morgan fingerprint density at radius 1 is 1.15 bits per heavy atom. The van der Waals surface area contributed by atoms with Crippen LogP contribution in [-0.4, -0.2) is 28.6 Å². The summed E-state index contributed by atoms with van der Waals surface area (Å²) in [5, 5.41) is 10.0. The SMILES string of the molecule is O=C(O)C1CCCN1C(c1ccc(Cl)c(Cl)c1)c1ccccc1C(F)(F)F. The van der Waals surface area contributed by atoms with E-state index >= 15 is 0 Å². The number of aliphatic carboxylic acids is 1. The molecule has 1 fully saturated rings. The fraction of sp³-hybridized carbons (Fsp3) is 0.316. The molecule has 1 heterocycles. The number of alkyl halides is 3. The van der Waals surface area contributed by atoms with Crippen molar-refractivity contribution in [2.45, 2.75) is 31.1 Å². The fourth-order valence-corrected chi connectivity index (χ4v) is 3.90. The van der Waals surface area contributed by atoms with Crippen LogP contribution in [0.15, 0.2) is 42.5 Å². The van der Waals surface area contributed by atoms with Gasteiger partial charge in [-0.25, -0.2) is 0 Å². The number of hydrogen-bond donors (Lipinski definition) is 1. The molecule has 2 atom stereocenters. The smallest absolute Gasteiger partial charge is 0.416 e. The summed E-state index contributed by atoms with van der Waals surface area (Å²) >= 11 is 12.0. The van der Waals surface area contributed by atoms with Crippen molar-refractivity contribution < 1.29 is 23.1 Å². The molecular formula is C19H16Cl2F3NO2. The number of nitrogens with zero attached hydrogens (tertiary/aromatic N) is 1. The molecule has 0 radical (unpaired) electrons.